The van der Waals surface area contributed by atoms with Gasteiger partial charge in [-0.05, 0) is 24.1 Å². The molecule has 0 saturated carbocycles. The van der Waals surface area contributed by atoms with Crippen molar-refractivity contribution >= 4 is 17.4 Å². The smallest absolute Gasteiger partial charge is 0.299 e. The van der Waals surface area contributed by atoms with Gasteiger partial charge in [0.15, 0.2) is 0 Å². The Hall–Kier alpha value is -1.03. The van der Waals surface area contributed by atoms with E-state index in [1.54, 1.807) is 18.2 Å². The molecule has 1 nitrogen and oxygen atoms in total. The molecule has 0 N–H and O–H groups in total. The van der Waals surface area contributed by atoms with E-state index in [2.05, 4.69) is 0 Å². The minimum atomic E-state index is -4.28. The second-order valence-electron chi connectivity index (χ2n) is 3.93. The number of benzene rings is 1. The number of carbonyl (C=O) groups is 1. The Kier molecular flexibility index (Phi) is 4.57. The highest BCUT2D eigenvalue weighted by molar-refractivity contribution is 6.31. The first-order chi connectivity index (χ1) is 7.78. The minimum absolute atomic E-state index is 0.0464. The van der Waals surface area contributed by atoms with E-state index in [4.69, 9.17) is 11.6 Å². The third kappa shape index (κ3) is 5.22. The van der Waals surface area contributed by atoms with Crippen LogP contribution in [0, 0.1) is 6.92 Å². The Labute approximate surface area is 103 Å². The maximum atomic E-state index is 11.9. The Bertz CT molecular complexity index is 413. The molecule has 0 aliphatic carbocycles. The van der Waals surface area contributed by atoms with Crippen LogP contribution in [0.5, 0.6) is 0 Å². The fourth-order valence-corrected chi connectivity index (χ4v) is 1.68. The lowest BCUT2D eigenvalue weighted by atomic mass is 10.0. The van der Waals surface area contributed by atoms with E-state index in [0.717, 1.165) is 5.56 Å². The molecule has 17 heavy (non-hydrogen) atoms. The molecule has 0 aromatic heterocycles. The summed E-state index contributed by atoms with van der Waals surface area (Å²) in [5.41, 5.74) is 1.52. The standard InChI is InChI=1S/C12H12ClF3O/c1-8-2-3-9(11(13)6-8)7-10(17)4-5-12(14,15)16/h2-3,6H,4-5,7H2,1H3. The first-order valence-electron chi connectivity index (χ1n) is 5.11. The van der Waals surface area contributed by atoms with E-state index >= 15 is 0 Å². The highest BCUT2D eigenvalue weighted by Crippen LogP contribution is 2.23. The Morgan fingerprint density at radius 2 is 2.00 bits per heavy atom. The van der Waals surface area contributed by atoms with E-state index in [9.17, 15) is 18.0 Å². The van der Waals surface area contributed by atoms with Gasteiger partial charge in [0.25, 0.3) is 0 Å². The molecule has 0 fully saturated rings. The van der Waals surface area contributed by atoms with Gasteiger partial charge in [-0.25, -0.2) is 0 Å². The van der Waals surface area contributed by atoms with Gasteiger partial charge in [-0.1, -0.05) is 23.7 Å². The summed E-state index contributed by atoms with van der Waals surface area (Å²) in [7, 11) is 0. The molecule has 0 saturated heterocycles. The Morgan fingerprint density at radius 3 is 2.53 bits per heavy atom. The van der Waals surface area contributed by atoms with Crippen molar-refractivity contribution in [3.8, 4) is 0 Å². The molecule has 0 bridgehead atoms. The number of hydrogen-bond acceptors (Lipinski definition) is 1. The predicted octanol–water partition coefficient (Wildman–Crippen LogP) is 4.10. The zero-order chi connectivity index (χ0) is 13.1. The van der Waals surface area contributed by atoms with Crippen molar-refractivity contribution in [2.45, 2.75) is 32.4 Å². The molecule has 0 atom stereocenters. The summed E-state index contributed by atoms with van der Waals surface area (Å²) in [5, 5.41) is 0.422. The molecule has 0 amide bonds. The highest BCUT2D eigenvalue weighted by atomic mass is 35.5. The molecule has 94 valence electrons. The number of hydrogen-bond donors (Lipinski definition) is 0. The van der Waals surface area contributed by atoms with Gasteiger partial charge in [0.2, 0.25) is 0 Å². The molecule has 1 aromatic carbocycles. The molecule has 1 rings (SSSR count). The van der Waals surface area contributed by atoms with Gasteiger partial charge >= 0.3 is 6.18 Å². The normalized spacial score (nSPS) is 11.6. The largest absolute Gasteiger partial charge is 0.389 e. The van der Waals surface area contributed by atoms with Gasteiger partial charge in [-0.2, -0.15) is 13.2 Å². The van der Waals surface area contributed by atoms with Crippen LogP contribution in [0.4, 0.5) is 13.2 Å². The fourth-order valence-electron chi connectivity index (χ4n) is 1.38. The van der Waals surface area contributed by atoms with Gasteiger partial charge in [-0.3, -0.25) is 4.79 Å². The zero-order valence-electron chi connectivity index (χ0n) is 9.27. The Balaban J connectivity index is 2.57. The van der Waals surface area contributed by atoms with Crippen LogP contribution in [0.2, 0.25) is 5.02 Å². The van der Waals surface area contributed by atoms with Gasteiger partial charge in [0.05, 0.1) is 6.42 Å². The SMILES string of the molecule is Cc1ccc(CC(=O)CCC(F)(F)F)c(Cl)c1. The fraction of sp³-hybridized carbons (Fsp3) is 0.417. The summed E-state index contributed by atoms with van der Waals surface area (Å²) in [6, 6.07) is 5.13. The van der Waals surface area contributed by atoms with E-state index in [-0.39, 0.29) is 6.42 Å². The summed E-state index contributed by atoms with van der Waals surface area (Å²) in [4.78, 5) is 11.3. The van der Waals surface area contributed by atoms with Crippen molar-refractivity contribution < 1.29 is 18.0 Å². The number of carbonyl (C=O) groups excluding carboxylic acids is 1. The van der Waals surface area contributed by atoms with Crippen molar-refractivity contribution in [3.63, 3.8) is 0 Å². The molecule has 0 heterocycles. The zero-order valence-corrected chi connectivity index (χ0v) is 10.0. The average molecular weight is 265 g/mol. The molecular formula is C12H12ClF3O. The summed E-state index contributed by atoms with van der Waals surface area (Å²) < 4.78 is 35.7. The van der Waals surface area contributed by atoms with Crippen LogP contribution in [0.3, 0.4) is 0 Å². The number of rotatable bonds is 4. The first-order valence-corrected chi connectivity index (χ1v) is 5.49. The number of alkyl halides is 3. The Morgan fingerprint density at radius 1 is 1.35 bits per heavy atom. The number of halogens is 4. The maximum absolute atomic E-state index is 11.9. The second kappa shape index (κ2) is 5.54. The predicted molar refractivity (Wildman–Crippen MR) is 60.2 cm³/mol. The van der Waals surface area contributed by atoms with Crippen LogP contribution in [0.25, 0.3) is 0 Å². The number of aryl methyl sites for hydroxylation is 1. The second-order valence-corrected chi connectivity index (χ2v) is 4.33. The molecular weight excluding hydrogens is 253 g/mol. The van der Waals surface area contributed by atoms with Gasteiger partial charge in [0.1, 0.15) is 5.78 Å². The molecule has 0 aliphatic rings. The van der Waals surface area contributed by atoms with Gasteiger partial charge in [0, 0.05) is 17.9 Å². The van der Waals surface area contributed by atoms with Crippen LogP contribution in [0.15, 0.2) is 18.2 Å². The highest BCUT2D eigenvalue weighted by Gasteiger charge is 2.27. The lowest BCUT2D eigenvalue weighted by Gasteiger charge is -2.07. The summed E-state index contributed by atoms with van der Waals surface area (Å²) in [5.74, 6) is -0.451. The van der Waals surface area contributed by atoms with E-state index < -0.39 is 24.8 Å². The topological polar surface area (TPSA) is 17.1 Å². The van der Waals surface area contributed by atoms with Crippen molar-refractivity contribution in [2.75, 3.05) is 0 Å². The molecule has 1 aromatic rings. The number of Topliss-reactive ketones (excluding diaryl/α,β-unsaturated/α-hetero) is 1. The van der Waals surface area contributed by atoms with Crippen LogP contribution >= 0.6 is 11.6 Å². The lowest BCUT2D eigenvalue weighted by molar-refractivity contribution is -0.143. The third-order valence-corrected chi connectivity index (χ3v) is 2.64. The van der Waals surface area contributed by atoms with E-state index in [1.807, 2.05) is 6.92 Å². The van der Waals surface area contributed by atoms with Crippen molar-refractivity contribution in [2.24, 2.45) is 0 Å². The summed E-state index contributed by atoms with van der Waals surface area (Å²) in [6.45, 7) is 1.85. The first kappa shape index (κ1) is 14.0. The van der Waals surface area contributed by atoms with E-state index in [1.165, 1.54) is 0 Å². The molecule has 0 radical (unpaired) electrons. The van der Waals surface area contributed by atoms with Gasteiger partial charge < -0.3 is 0 Å². The minimum Gasteiger partial charge on any atom is -0.299 e. The van der Waals surface area contributed by atoms with Crippen molar-refractivity contribution in [1.29, 1.82) is 0 Å². The van der Waals surface area contributed by atoms with Crippen LogP contribution in [-0.2, 0) is 11.2 Å². The monoisotopic (exact) mass is 264 g/mol. The summed E-state index contributed by atoms with van der Waals surface area (Å²) >= 11 is 5.89. The molecule has 5 heteroatoms. The lowest BCUT2D eigenvalue weighted by Crippen LogP contribution is -2.12. The molecule has 0 spiro atoms. The molecule has 0 aliphatic heterocycles. The third-order valence-electron chi connectivity index (χ3n) is 2.28. The van der Waals surface area contributed by atoms with Crippen LogP contribution in [-0.4, -0.2) is 12.0 Å². The average Bonchev–Trinajstić information content (AvgIpc) is 2.18. The van der Waals surface area contributed by atoms with Gasteiger partial charge in [-0.15, -0.1) is 0 Å². The van der Waals surface area contributed by atoms with Crippen molar-refractivity contribution in [1.82, 2.24) is 0 Å². The molecule has 0 unspecified atom stereocenters. The quantitative estimate of drug-likeness (QED) is 0.800. The van der Waals surface area contributed by atoms with Crippen molar-refractivity contribution in [3.05, 3.63) is 34.3 Å². The van der Waals surface area contributed by atoms with Crippen LogP contribution in [0.1, 0.15) is 24.0 Å². The maximum Gasteiger partial charge on any atom is 0.389 e. The number of ketones is 1. The van der Waals surface area contributed by atoms with E-state index in [0.29, 0.717) is 10.6 Å². The summed E-state index contributed by atoms with van der Waals surface area (Å²) in [6.07, 6.45) is -5.90. The van der Waals surface area contributed by atoms with Crippen LogP contribution < -0.4 is 0 Å².